The average Bonchev–Trinajstić information content (AvgIpc) is 2.16. The highest BCUT2D eigenvalue weighted by Crippen LogP contribution is 2.31. The summed E-state index contributed by atoms with van der Waals surface area (Å²) in [7, 11) is 0. The second-order valence-corrected chi connectivity index (χ2v) is 4.92. The Kier molecular flexibility index (Phi) is 5.79. The van der Waals surface area contributed by atoms with Crippen molar-refractivity contribution < 1.29 is 14.7 Å². The summed E-state index contributed by atoms with van der Waals surface area (Å²) in [6, 6.07) is -0.885. The van der Waals surface area contributed by atoms with Crippen LogP contribution in [0.2, 0.25) is 0 Å². The van der Waals surface area contributed by atoms with E-state index in [0.717, 1.165) is 6.29 Å². The molecule has 0 fully saturated rings. The fourth-order valence-corrected chi connectivity index (χ4v) is 2.18. The number of rotatable bonds is 7. The first-order valence-corrected chi connectivity index (χ1v) is 5.52. The first-order valence-electron chi connectivity index (χ1n) is 4.54. The molecule has 0 amide bonds. The van der Waals surface area contributed by atoms with Crippen molar-refractivity contribution in [2.45, 2.75) is 37.5 Å². The van der Waals surface area contributed by atoms with Crippen molar-refractivity contribution in [3.8, 4) is 0 Å². The lowest BCUT2D eigenvalue weighted by Gasteiger charge is -2.31. The monoisotopic (exact) mass is 219 g/mol. The van der Waals surface area contributed by atoms with Crippen molar-refractivity contribution in [3.05, 3.63) is 0 Å². The minimum atomic E-state index is -0.993. The first-order chi connectivity index (χ1) is 6.48. The van der Waals surface area contributed by atoms with Crippen LogP contribution in [-0.4, -0.2) is 33.9 Å². The second kappa shape index (κ2) is 6.03. The molecule has 3 N–H and O–H groups in total. The molecule has 0 aromatic carbocycles. The van der Waals surface area contributed by atoms with Gasteiger partial charge in [0, 0.05) is 16.9 Å². The van der Waals surface area contributed by atoms with Gasteiger partial charge in [0.1, 0.15) is 12.3 Å². The zero-order valence-corrected chi connectivity index (χ0v) is 9.34. The third-order valence-electron chi connectivity index (χ3n) is 2.29. The molecule has 2 atom stereocenters. The van der Waals surface area contributed by atoms with Crippen LogP contribution < -0.4 is 5.73 Å². The van der Waals surface area contributed by atoms with E-state index in [9.17, 15) is 9.59 Å². The number of nitrogens with two attached hydrogens (primary N) is 1. The Balaban J connectivity index is 4.30. The highest BCUT2D eigenvalue weighted by molar-refractivity contribution is 8.00. The molecule has 0 aliphatic rings. The van der Waals surface area contributed by atoms with Crippen LogP contribution in [0.1, 0.15) is 26.7 Å². The van der Waals surface area contributed by atoms with E-state index in [1.54, 1.807) is 0 Å². The maximum Gasteiger partial charge on any atom is 0.321 e. The maximum atomic E-state index is 10.7. The van der Waals surface area contributed by atoms with Crippen LogP contribution in [0, 0.1) is 0 Å². The van der Waals surface area contributed by atoms with Gasteiger partial charge in [0.15, 0.2) is 0 Å². The summed E-state index contributed by atoms with van der Waals surface area (Å²) in [4.78, 5) is 20.9. The summed E-state index contributed by atoms with van der Waals surface area (Å²) in [6.45, 7) is 3.72. The molecule has 14 heavy (non-hydrogen) atoms. The molecule has 0 aliphatic carbocycles. The van der Waals surface area contributed by atoms with Gasteiger partial charge >= 0.3 is 5.97 Å². The van der Waals surface area contributed by atoms with Gasteiger partial charge in [-0.25, -0.2) is 0 Å². The molecule has 0 aromatic rings. The summed E-state index contributed by atoms with van der Waals surface area (Å²) in [6.07, 6.45) is 1.94. The number of carbonyl (C=O) groups is 2. The fraction of sp³-hybridized carbons (Fsp3) is 0.778. The summed E-state index contributed by atoms with van der Waals surface area (Å²) in [5.74, 6) is -0.373. The smallest absolute Gasteiger partial charge is 0.321 e. The Hall–Kier alpha value is -0.550. The van der Waals surface area contributed by atoms with E-state index in [0.29, 0.717) is 18.6 Å². The number of hydrogen-bond donors (Lipinski definition) is 2. The van der Waals surface area contributed by atoms with Crippen molar-refractivity contribution in [1.82, 2.24) is 0 Å². The first kappa shape index (κ1) is 13.4. The number of carboxylic acid groups (broad SMARTS) is 1. The number of carbonyl (C=O) groups excluding carboxylic acids is 1. The molecule has 0 bridgehead atoms. The van der Waals surface area contributed by atoms with E-state index < -0.39 is 16.8 Å². The van der Waals surface area contributed by atoms with E-state index in [1.165, 1.54) is 11.8 Å². The molecule has 0 aromatic heterocycles. The molecule has 0 spiro atoms. The number of carboxylic acids is 1. The molecule has 0 saturated carbocycles. The number of hydrogen-bond acceptors (Lipinski definition) is 4. The molecular formula is C9H17NO3S. The zero-order chi connectivity index (χ0) is 11.2. The van der Waals surface area contributed by atoms with Crippen LogP contribution >= 0.6 is 11.8 Å². The topological polar surface area (TPSA) is 80.4 Å². The maximum absolute atomic E-state index is 10.7. The molecule has 0 aliphatic heterocycles. The lowest BCUT2D eigenvalue weighted by molar-refractivity contribution is -0.139. The van der Waals surface area contributed by atoms with Crippen molar-refractivity contribution in [3.63, 3.8) is 0 Å². The summed E-state index contributed by atoms with van der Waals surface area (Å²) in [5, 5.41) is 8.80. The standard InChI is InChI=1S/C9H17NO3S/c1-3-9(2,7(10)8(12)13)14-6-4-5-11/h5,7H,3-4,6,10H2,1-2H3,(H,12,13)/t7-,9+/m1/s1. The normalized spacial score (nSPS) is 17.1. The highest BCUT2D eigenvalue weighted by Gasteiger charge is 2.35. The third-order valence-corrected chi connectivity index (χ3v) is 3.94. The van der Waals surface area contributed by atoms with Crippen LogP contribution in [0.15, 0.2) is 0 Å². The minimum Gasteiger partial charge on any atom is -0.480 e. The van der Waals surface area contributed by atoms with Crippen LogP contribution in [0.25, 0.3) is 0 Å². The van der Waals surface area contributed by atoms with Crippen molar-refractivity contribution >= 4 is 24.0 Å². The van der Waals surface area contributed by atoms with Gasteiger partial charge in [-0.15, -0.1) is 0 Å². The molecule has 82 valence electrons. The van der Waals surface area contributed by atoms with Crippen LogP contribution in [0.4, 0.5) is 0 Å². The Morgan fingerprint density at radius 2 is 2.29 bits per heavy atom. The summed E-state index contributed by atoms with van der Waals surface area (Å²) >= 11 is 1.45. The van der Waals surface area contributed by atoms with Gasteiger partial charge in [-0.3, -0.25) is 4.79 Å². The summed E-state index contributed by atoms with van der Waals surface area (Å²) in [5.41, 5.74) is 5.58. The molecule has 0 heterocycles. The molecular weight excluding hydrogens is 202 g/mol. The number of aldehydes is 1. The third kappa shape index (κ3) is 3.67. The zero-order valence-electron chi connectivity index (χ0n) is 8.53. The van der Waals surface area contributed by atoms with E-state index in [2.05, 4.69) is 0 Å². The quantitative estimate of drug-likeness (QED) is 0.491. The minimum absolute atomic E-state index is 0.437. The molecule has 0 unspecified atom stereocenters. The van der Waals surface area contributed by atoms with E-state index in [4.69, 9.17) is 10.8 Å². The lowest BCUT2D eigenvalue weighted by Crippen LogP contribution is -2.48. The predicted molar refractivity (Wildman–Crippen MR) is 57.4 cm³/mol. The van der Waals surface area contributed by atoms with Gasteiger partial charge in [0.25, 0.3) is 0 Å². The molecule has 0 rings (SSSR count). The number of thioether (sulfide) groups is 1. The van der Waals surface area contributed by atoms with Gasteiger partial charge in [-0.1, -0.05) is 6.92 Å². The van der Waals surface area contributed by atoms with E-state index in [-0.39, 0.29) is 0 Å². The van der Waals surface area contributed by atoms with E-state index in [1.807, 2.05) is 13.8 Å². The van der Waals surface area contributed by atoms with Crippen LogP contribution in [0.5, 0.6) is 0 Å². The lowest BCUT2D eigenvalue weighted by atomic mass is 9.99. The Morgan fingerprint density at radius 1 is 1.71 bits per heavy atom. The molecule has 4 nitrogen and oxygen atoms in total. The summed E-state index contributed by atoms with van der Waals surface area (Å²) < 4.78 is -0.491. The Labute approximate surface area is 88.2 Å². The Bertz CT molecular complexity index is 210. The van der Waals surface area contributed by atoms with Gasteiger partial charge in [0.05, 0.1) is 0 Å². The second-order valence-electron chi connectivity index (χ2n) is 3.29. The number of aliphatic carboxylic acids is 1. The van der Waals surface area contributed by atoms with Gasteiger partial charge in [0.2, 0.25) is 0 Å². The predicted octanol–water partition coefficient (Wildman–Crippen LogP) is 0.889. The van der Waals surface area contributed by atoms with Gasteiger partial charge < -0.3 is 15.6 Å². The molecule has 0 saturated heterocycles. The highest BCUT2D eigenvalue weighted by atomic mass is 32.2. The van der Waals surface area contributed by atoms with Crippen LogP contribution in [0.3, 0.4) is 0 Å². The molecule has 0 radical (unpaired) electrons. The van der Waals surface area contributed by atoms with Gasteiger partial charge in [-0.2, -0.15) is 11.8 Å². The van der Waals surface area contributed by atoms with E-state index >= 15 is 0 Å². The SMILES string of the molecule is CC[C@](C)(SCCC=O)[C@H](N)C(=O)O. The fourth-order valence-electron chi connectivity index (χ4n) is 1.01. The van der Waals surface area contributed by atoms with Gasteiger partial charge in [-0.05, 0) is 13.3 Å². The van der Waals surface area contributed by atoms with Crippen molar-refractivity contribution in [2.75, 3.05) is 5.75 Å². The largest absolute Gasteiger partial charge is 0.480 e. The molecule has 5 heteroatoms. The Morgan fingerprint density at radius 3 is 2.64 bits per heavy atom. The van der Waals surface area contributed by atoms with Crippen LogP contribution in [-0.2, 0) is 9.59 Å². The average molecular weight is 219 g/mol. The van der Waals surface area contributed by atoms with Crippen molar-refractivity contribution in [1.29, 1.82) is 0 Å². The van der Waals surface area contributed by atoms with Crippen molar-refractivity contribution in [2.24, 2.45) is 5.73 Å².